The van der Waals surface area contributed by atoms with Gasteiger partial charge in [-0.05, 0) is 43.5 Å². The van der Waals surface area contributed by atoms with Crippen LogP contribution in [0.15, 0.2) is 24.3 Å². The molecule has 1 unspecified atom stereocenters. The Morgan fingerprint density at radius 1 is 1.19 bits per heavy atom. The molecule has 0 saturated carbocycles. The molecule has 3 aromatic rings. The zero-order valence-electron chi connectivity index (χ0n) is 17.0. The minimum atomic E-state index is -1.29. The molecule has 166 valence electrons. The number of amides is 1. The Morgan fingerprint density at radius 2 is 1.97 bits per heavy atom. The van der Waals surface area contributed by atoms with Crippen molar-refractivity contribution in [2.24, 2.45) is 0 Å². The summed E-state index contributed by atoms with van der Waals surface area (Å²) in [4.78, 5) is 46.3. The van der Waals surface area contributed by atoms with Gasteiger partial charge in [-0.1, -0.05) is 0 Å². The molecular weight excluding hydrogens is 416 g/mol. The lowest BCUT2D eigenvalue weighted by Gasteiger charge is -2.13. The fourth-order valence-corrected chi connectivity index (χ4v) is 4.11. The van der Waals surface area contributed by atoms with E-state index in [0.29, 0.717) is 5.82 Å². The van der Waals surface area contributed by atoms with Crippen molar-refractivity contribution in [2.75, 3.05) is 11.5 Å². The summed E-state index contributed by atoms with van der Waals surface area (Å²) >= 11 is 0. The van der Waals surface area contributed by atoms with E-state index in [1.165, 1.54) is 0 Å². The fraction of sp³-hybridized carbons (Fsp3) is 0.286. The van der Waals surface area contributed by atoms with E-state index in [-0.39, 0.29) is 30.3 Å². The predicted octanol–water partition coefficient (Wildman–Crippen LogP) is 1.25. The largest absolute Gasteiger partial charge is 0.481 e. The molecule has 0 saturated heterocycles. The van der Waals surface area contributed by atoms with Gasteiger partial charge in [0.1, 0.15) is 11.9 Å². The summed E-state index contributed by atoms with van der Waals surface area (Å²) in [6, 6.07) is 5.59. The third-order valence-corrected chi connectivity index (χ3v) is 5.62. The van der Waals surface area contributed by atoms with Crippen molar-refractivity contribution >= 4 is 40.5 Å². The Balaban J connectivity index is 1.57. The van der Waals surface area contributed by atoms with Crippen LogP contribution in [0.3, 0.4) is 0 Å². The number of nitrogens with one attached hydrogen (secondary N) is 2. The SMILES string of the molecule is Nc1nc(N)c2c(n1)CCC2c1cc2cc(C(=O)N[C@@H](CCC(=O)O)C(=O)O)ccc2[nH]1. The van der Waals surface area contributed by atoms with E-state index in [9.17, 15) is 19.5 Å². The number of carboxylic acid groups (broad SMARTS) is 2. The van der Waals surface area contributed by atoms with Crippen LogP contribution in [0, 0.1) is 0 Å². The Kier molecular flexibility index (Phi) is 5.39. The Bertz CT molecular complexity index is 1240. The van der Waals surface area contributed by atoms with Crippen molar-refractivity contribution in [1.82, 2.24) is 20.3 Å². The van der Waals surface area contributed by atoms with E-state index in [1.807, 2.05) is 6.07 Å². The summed E-state index contributed by atoms with van der Waals surface area (Å²) in [5.41, 5.74) is 15.5. The molecule has 0 spiro atoms. The van der Waals surface area contributed by atoms with Crippen LogP contribution in [0.2, 0.25) is 0 Å². The molecule has 1 aromatic carbocycles. The van der Waals surface area contributed by atoms with E-state index in [1.54, 1.807) is 18.2 Å². The van der Waals surface area contributed by atoms with Gasteiger partial charge < -0.3 is 32.0 Å². The van der Waals surface area contributed by atoms with Crippen molar-refractivity contribution < 1.29 is 24.6 Å². The average molecular weight is 438 g/mol. The molecule has 1 aliphatic rings. The highest BCUT2D eigenvalue weighted by molar-refractivity contribution is 6.00. The van der Waals surface area contributed by atoms with Gasteiger partial charge in [0, 0.05) is 40.1 Å². The number of carboxylic acids is 2. The molecular formula is C21H22N6O5. The number of aromatic nitrogens is 3. The number of benzene rings is 1. The number of carbonyl (C=O) groups is 3. The number of carbonyl (C=O) groups excluding carboxylic acids is 1. The summed E-state index contributed by atoms with van der Waals surface area (Å²) in [5.74, 6) is -2.53. The molecule has 0 radical (unpaired) electrons. The molecule has 0 fully saturated rings. The van der Waals surface area contributed by atoms with Crippen molar-refractivity contribution in [3.05, 3.63) is 46.8 Å². The quantitative estimate of drug-likeness (QED) is 0.314. The van der Waals surface area contributed by atoms with Crippen LogP contribution in [0.4, 0.5) is 11.8 Å². The highest BCUT2D eigenvalue weighted by Crippen LogP contribution is 2.40. The lowest BCUT2D eigenvalue weighted by molar-refractivity contribution is -0.140. The summed E-state index contributed by atoms with van der Waals surface area (Å²) in [6.07, 6.45) is 0.954. The second-order valence-corrected chi connectivity index (χ2v) is 7.74. The molecule has 2 atom stereocenters. The number of aliphatic carboxylic acids is 2. The standard InChI is InChI=1S/C21H22N6O5/c22-18-17-11(2-4-13(17)26-21(23)27-18)15-8-10-7-9(1-3-12(10)24-15)19(30)25-14(20(31)32)5-6-16(28)29/h1,3,7-8,11,14,24H,2,4-6H2,(H,25,30)(H,28,29)(H,31,32)(H4,22,23,26,27)/t11?,14-/m0/s1. The number of fused-ring (bicyclic) bond motifs is 2. The number of nitrogens with two attached hydrogens (primary N) is 2. The lowest BCUT2D eigenvalue weighted by Crippen LogP contribution is -2.41. The maximum Gasteiger partial charge on any atom is 0.326 e. The molecule has 1 aliphatic carbocycles. The van der Waals surface area contributed by atoms with E-state index in [4.69, 9.17) is 16.6 Å². The molecule has 4 rings (SSSR count). The lowest BCUT2D eigenvalue weighted by atomic mass is 9.99. The van der Waals surface area contributed by atoms with Crippen molar-refractivity contribution in [1.29, 1.82) is 0 Å². The van der Waals surface area contributed by atoms with Gasteiger partial charge in [-0.2, -0.15) is 4.98 Å². The number of aromatic amines is 1. The van der Waals surface area contributed by atoms with Gasteiger partial charge in [0.05, 0.1) is 5.69 Å². The van der Waals surface area contributed by atoms with Gasteiger partial charge in [-0.3, -0.25) is 9.59 Å². The van der Waals surface area contributed by atoms with Crippen molar-refractivity contribution in [3.63, 3.8) is 0 Å². The van der Waals surface area contributed by atoms with Crippen LogP contribution in [0.5, 0.6) is 0 Å². The molecule has 2 heterocycles. The molecule has 8 N–H and O–H groups in total. The van der Waals surface area contributed by atoms with Crippen molar-refractivity contribution in [2.45, 2.75) is 37.6 Å². The molecule has 32 heavy (non-hydrogen) atoms. The summed E-state index contributed by atoms with van der Waals surface area (Å²) in [6.45, 7) is 0. The number of aryl methyl sites for hydroxylation is 1. The van der Waals surface area contributed by atoms with Crippen LogP contribution in [-0.2, 0) is 16.0 Å². The maximum absolute atomic E-state index is 12.6. The Hall–Kier alpha value is -4.15. The maximum atomic E-state index is 12.6. The van der Waals surface area contributed by atoms with Gasteiger partial charge >= 0.3 is 11.9 Å². The third-order valence-electron chi connectivity index (χ3n) is 5.62. The minimum absolute atomic E-state index is 0.0253. The molecule has 11 nitrogen and oxygen atoms in total. The Morgan fingerprint density at radius 3 is 2.69 bits per heavy atom. The first kappa shape index (κ1) is 21.1. The fourth-order valence-electron chi connectivity index (χ4n) is 4.11. The van der Waals surface area contributed by atoms with E-state index >= 15 is 0 Å². The smallest absolute Gasteiger partial charge is 0.326 e. The van der Waals surface area contributed by atoms with Crippen LogP contribution < -0.4 is 16.8 Å². The Labute approximate surface area is 181 Å². The number of anilines is 2. The van der Waals surface area contributed by atoms with Crippen LogP contribution in [0.1, 0.15) is 52.5 Å². The first-order valence-electron chi connectivity index (χ1n) is 10.0. The predicted molar refractivity (Wildman–Crippen MR) is 115 cm³/mol. The normalized spacial score (nSPS) is 15.9. The number of nitrogen functional groups attached to an aromatic ring is 2. The molecule has 0 bridgehead atoms. The number of hydrogen-bond donors (Lipinski definition) is 6. The van der Waals surface area contributed by atoms with Gasteiger partial charge in [-0.15, -0.1) is 0 Å². The summed E-state index contributed by atoms with van der Waals surface area (Å²) in [5, 5.41) is 21.2. The molecule has 1 amide bonds. The van der Waals surface area contributed by atoms with Gasteiger partial charge in [-0.25, -0.2) is 9.78 Å². The highest BCUT2D eigenvalue weighted by atomic mass is 16.4. The average Bonchev–Trinajstić information content (AvgIpc) is 3.33. The zero-order chi connectivity index (χ0) is 23.0. The summed E-state index contributed by atoms with van der Waals surface area (Å²) in [7, 11) is 0. The summed E-state index contributed by atoms with van der Waals surface area (Å²) < 4.78 is 0. The van der Waals surface area contributed by atoms with E-state index in [0.717, 1.165) is 40.7 Å². The van der Waals surface area contributed by atoms with Gasteiger partial charge in [0.25, 0.3) is 5.91 Å². The molecule has 11 heteroatoms. The van der Waals surface area contributed by atoms with Crippen LogP contribution >= 0.6 is 0 Å². The zero-order valence-corrected chi connectivity index (χ0v) is 17.0. The second kappa shape index (κ2) is 8.17. The number of nitrogens with zero attached hydrogens (tertiary/aromatic N) is 2. The minimum Gasteiger partial charge on any atom is -0.481 e. The topological polar surface area (TPSA) is 197 Å². The van der Waals surface area contributed by atoms with Crippen LogP contribution in [0.25, 0.3) is 10.9 Å². The highest BCUT2D eigenvalue weighted by Gasteiger charge is 2.30. The molecule has 0 aliphatic heterocycles. The monoisotopic (exact) mass is 438 g/mol. The van der Waals surface area contributed by atoms with Crippen LogP contribution in [-0.4, -0.2) is 49.1 Å². The third kappa shape index (κ3) is 4.04. The first-order valence-corrected chi connectivity index (χ1v) is 10.0. The van der Waals surface area contributed by atoms with E-state index < -0.39 is 23.9 Å². The number of H-pyrrole nitrogens is 1. The first-order chi connectivity index (χ1) is 15.2. The van der Waals surface area contributed by atoms with E-state index in [2.05, 4.69) is 20.3 Å². The molecule has 2 aromatic heterocycles. The van der Waals surface area contributed by atoms with Gasteiger partial charge in [0.2, 0.25) is 5.95 Å². The van der Waals surface area contributed by atoms with Gasteiger partial charge in [0.15, 0.2) is 0 Å². The number of rotatable bonds is 7. The van der Waals surface area contributed by atoms with Crippen molar-refractivity contribution in [3.8, 4) is 0 Å². The number of hydrogen-bond acceptors (Lipinski definition) is 7. The second-order valence-electron chi connectivity index (χ2n) is 7.74.